The molecular weight excluding hydrogens is 452 g/mol. The summed E-state index contributed by atoms with van der Waals surface area (Å²) in [5.74, 6) is 0.604. The summed E-state index contributed by atoms with van der Waals surface area (Å²) in [5, 5.41) is 13.2. The fourth-order valence-electron chi connectivity index (χ4n) is 5.12. The average Bonchev–Trinajstić information content (AvgIpc) is 3.25. The highest BCUT2D eigenvalue weighted by Crippen LogP contribution is 2.34. The maximum absolute atomic E-state index is 11.7. The zero-order chi connectivity index (χ0) is 26.2. The average molecular weight is 493 g/mol. The van der Waals surface area contributed by atoms with Crippen LogP contribution in [0.15, 0.2) is 24.5 Å². The van der Waals surface area contributed by atoms with E-state index in [-0.39, 0.29) is 23.3 Å². The van der Waals surface area contributed by atoms with Crippen molar-refractivity contribution in [2.24, 2.45) is 11.8 Å². The lowest BCUT2D eigenvalue weighted by molar-refractivity contribution is -0.144. The molecule has 36 heavy (non-hydrogen) atoms. The van der Waals surface area contributed by atoms with Crippen LogP contribution in [-0.4, -0.2) is 43.7 Å². The number of piperidine rings is 1. The van der Waals surface area contributed by atoms with E-state index in [1.54, 1.807) is 0 Å². The van der Waals surface area contributed by atoms with Crippen LogP contribution in [-0.2, 0) is 10.2 Å². The van der Waals surface area contributed by atoms with Crippen molar-refractivity contribution in [2.75, 3.05) is 23.3 Å². The van der Waals surface area contributed by atoms with Crippen molar-refractivity contribution in [1.29, 1.82) is 0 Å². The van der Waals surface area contributed by atoms with Gasteiger partial charge >= 0.3 is 5.97 Å². The van der Waals surface area contributed by atoms with Crippen LogP contribution < -0.4 is 10.2 Å². The minimum Gasteiger partial charge on any atom is -0.481 e. The maximum Gasteiger partial charge on any atom is 0.306 e. The summed E-state index contributed by atoms with van der Waals surface area (Å²) in [4.78, 5) is 28.3. The van der Waals surface area contributed by atoms with E-state index in [4.69, 9.17) is 9.97 Å². The number of rotatable bonds is 7. The Morgan fingerprint density at radius 2 is 1.89 bits per heavy atom. The number of benzene rings is 1. The molecule has 1 unspecified atom stereocenters. The molecule has 0 spiro atoms. The van der Waals surface area contributed by atoms with Gasteiger partial charge in [-0.3, -0.25) is 4.79 Å². The Kier molecular flexibility index (Phi) is 7.25. The Hall–Kier alpha value is -3.16. The molecule has 1 fully saturated rings. The second-order valence-corrected chi connectivity index (χ2v) is 11.4. The number of nitrogens with zero attached hydrogens (tertiary/aromatic N) is 5. The van der Waals surface area contributed by atoms with Crippen LogP contribution in [0.2, 0.25) is 0 Å². The van der Waals surface area contributed by atoms with Crippen LogP contribution in [0.25, 0.3) is 11.2 Å². The number of hydrogen-bond donors (Lipinski definition) is 2. The number of aromatic nitrogens is 4. The van der Waals surface area contributed by atoms with Crippen molar-refractivity contribution >= 4 is 34.6 Å². The lowest BCUT2D eigenvalue weighted by Gasteiger charge is -2.34. The highest BCUT2D eigenvalue weighted by molar-refractivity contribution is 5.87. The van der Waals surface area contributed by atoms with Crippen LogP contribution in [0.3, 0.4) is 0 Å². The lowest BCUT2D eigenvalue weighted by atomic mass is 9.83. The topological polar surface area (TPSA) is 96.2 Å². The van der Waals surface area contributed by atoms with E-state index in [1.807, 2.05) is 13.3 Å². The number of carboxylic acids is 1. The molecule has 0 radical (unpaired) electrons. The summed E-state index contributed by atoms with van der Waals surface area (Å²) in [5.41, 5.74) is 5.01. The van der Waals surface area contributed by atoms with Gasteiger partial charge in [-0.25, -0.2) is 4.98 Å². The van der Waals surface area contributed by atoms with Crippen LogP contribution in [0.5, 0.6) is 0 Å². The third-order valence-corrected chi connectivity index (χ3v) is 7.48. The third kappa shape index (κ3) is 5.18. The summed E-state index contributed by atoms with van der Waals surface area (Å²) < 4.78 is 2.11. The van der Waals surface area contributed by atoms with Gasteiger partial charge in [0.25, 0.3) is 0 Å². The van der Waals surface area contributed by atoms with Crippen LogP contribution in [0.1, 0.15) is 78.0 Å². The number of hydrogen-bond acceptors (Lipinski definition) is 6. The zero-order valence-corrected chi connectivity index (χ0v) is 22.7. The molecule has 4 rings (SSSR count). The second-order valence-electron chi connectivity index (χ2n) is 11.4. The summed E-state index contributed by atoms with van der Waals surface area (Å²) in [6.45, 7) is 16.4. The van der Waals surface area contributed by atoms with Gasteiger partial charge in [0, 0.05) is 24.8 Å². The molecule has 0 bridgehead atoms. The minimum atomic E-state index is -0.688. The molecule has 3 heterocycles. The fraction of sp³-hybridized carbons (Fsp3) is 0.571. The van der Waals surface area contributed by atoms with Crippen LogP contribution in [0.4, 0.5) is 17.5 Å². The number of carbonyl (C=O) groups is 1. The summed E-state index contributed by atoms with van der Waals surface area (Å²) >= 11 is 0. The van der Waals surface area contributed by atoms with E-state index < -0.39 is 5.97 Å². The Balaban J connectivity index is 1.70. The first-order chi connectivity index (χ1) is 17.0. The molecule has 2 aromatic heterocycles. The molecule has 8 nitrogen and oxygen atoms in total. The molecule has 0 aliphatic carbocycles. The number of carboxylic acid groups (broad SMARTS) is 1. The number of nitrogens with one attached hydrogen (secondary N) is 1. The molecule has 0 saturated carbocycles. The smallest absolute Gasteiger partial charge is 0.306 e. The Labute approximate surface area is 214 Å². The monoisotopic (exact) mass is 492 g/mol. The number of aryl methyl sites for hydroxylation is 1. The van der Waals surface area contributed by atoms with Gasteiger partial charge in [-0.2, -0.15) is 9.97 Å². The standard InChI is InChI=1S/C28H40N6O2/c1-8-21(26(35)36)19-11-13-33(14-12-19)27-31-24-23(34(16-29-24)17(2)3)25(32-27)30-22-15-20(28(5,6)7)10-9-18(22)4/h9-10,15-17,19,21H,8,11-14H2,1-7H3,(H,35,36)(H,30,31,32). The number of aliphatic carboxylic acids is 1. The van der Waals surface area contributed by atoms with Crippen LogP contribution in [0, 0.1) is 18.8 Å². The molecule has 1 aliphatic rings. The van der Waals surface area contributed by atoms with Gasteiger partial charge in [-0.15, -0.1) is 0 Å². The van der Waals surface area contributed by atoms with Crippen LogP contribution >= 0.6 is 0 Å². The van der Waals surface area contributed by atoms with Crippen molar-refractivity contribution in [3.63, 3.8) is 0 Å². The van der Waals surface area contributed by atoms with E-state index in [2.05, 4.69) is 79.5 Å². The minimum absolute atomic E-state index is 0.0344. The predicted octanol–water partition coefficient (Wildman–Crippen LogP) is 6.08. The third-order valence-electron chi connectivity index (χ3n) is 7.48. The highest BCUT2D eigenvalue weighted by atomic mass is 16.4. The van der Waals surface area contributed by atoms with E-state index in [9.17, 15) is 9.90 Å². The van der Waals surface area contributed by atoms with Crippen molar-refractivity contribution in [2.45, 2.75) is 79.2 Å². The van der Waals surface area contributed by atoms with Crippen molar-refractivity contribution in [1.82, 2.24) is 19.5 Å². The Morgan fingerprint density at radius 3 is 2.47 bits per heavy atom. The van der Waals surface area contributed by atoms with Gasteiger partial charge in [-0.05, 0) is 68.6 Å². The first kappa shape index (κ1) is 25.9. The van der Waals surface area contributed by atoms with E-state index >= 15 is 0 Å². The molecule has 1 aliphatic heterocycles. The first-order valence-corrected chi connectivity index (χ1v) is 13.1. The highest BCUT2D eigenvalue weighted by Gasteiger charge is 2.31. The van der Waals surface area contributed by atoms with Crippen molar-refractivity contribution in [3.05, 3.63) is 35.7 Å². The zero-order valence-electron chi connectivity index (χ0n) is 22.7. The van der Waals surface area contributed by atoms with E-state index in [0.717, 1.165) is 48.5 Å². The number of imidazole rings is 1. The fourth-order valence-corrected chi connectivity index (χ4v) is 5.12. The van der Waals surface area contributed by atoms with Gasteiger partial charge in [0.15, 0.2) is 11.5 Å². The van der Waals surface area contributed by atoms with E-state index in [1.165, 1.54) is 5.56 Å². The molecule has 1 saturated heterocycles. The number of anilines is 3. The van der Waals surface area contributed by atoms with Gasteiger partial charge in [0.05, 0.1) is 12.2 Å². The Bertz CT molecular complexity index is 1230. The quantitative estimate of drug-likeness (QED) is 0.412. The largest absolute Gasteiger partial charge is 0.481 e. The Morgan fingerprint density at radius 1 is 1.19 bits per heavy atom. The second kappa shape index (κ2) is 10.1. The maximum atomic E-state index is 11.7. The van der Waals surface area contributed by atoms with Crippen molar-refractivity contribution < 1.29 is 9.90 Å². The molecule has 1 aromatic carbocycles. The molecule has 1 atom stereocenters. The first-order valence-electron chi connectivity index (χ1n) is 13.1. The summed E-state index contributed by atoms with van der Waals surface area (Å²) in [7, 11) is 0. The number of fused-ring (bicyclic) bond motifs is 1. The molecule has 2 N–H and O–H groups in total. The normalized spacial score (nSPS) is 16.1. The van der Waals surface area contributed by atoms with Gasteiger partial charge in [-0.1, -0.05) is 39.8 Å². The molecule has 194 valence electrons. The SMILES string of the molecule is CCC(C(=O)O)C1CCN(c2nc(Nc3cc(C(C)(C)C)ccc3C)c3c(ncn3C(C)C)n2)CC1. The van der Waals surface area contributed by atoms with Gasteiger partial charge in [0.1, 0.15) is 5.52 Å². The van der Waals surface area contributed by atoms with Gasteiger partial charge < -0.3 is 19.9 Å². The predicted molar refractivity (Wildman–Crippen MR) is 145 cm³/mol. The van der Waals surface area contributed by atoms with Gasteiger partial charge in [0.2, 0.25) is 5.95 Å². The van der Waals surface area contributed by atoms with Crippen molar-refractivity contribution in [3.8, 4) is 0 Å². The molecular formula is C28H40N6O2. The van der Waals surface area contributed by atoms with E-state index in [0.29, 0.717) is 18.0 Å². The molecule has 0 amide bonds. The molecule has 8 heteroatoms. The summed E-state index contributed by atoms with van der Waals surface area (Å²) in [6.07, 6.45) is 4.14. The summed E-state index contributed by atoms with van der Waals surface area (Å²) in [6, 6.07) is 6.76. The lowest BCUT2D eigenvalue weighted by Crippen LogP contribution is -2.38. The molecule has 3 aromatic rings.